The van der Waals surface area contributed by atoms with Crippen LogP contribution in [-0.4, -0.2) is 16.7 Å². The van der Waals surface area contributed by atoms with Crippen LogP contribution >= 0.6 is 0 Å². The van der Waals surface area contributed by atoms with Crippen molar-refractivity contribution in [1.82, 2.24) is 9.99 Å². The van der Waals surface area contributed by atoms with E-state index in [2.05, 4.69) is 27.7 Å². The molecule has 1 N–H and O–H groups in total. The third-order valence-corrected chi connectivity index (χ3v) is 3.55. The molecule has 1 heterocycles. The number of amides is 1. The molecule has 0 fully saturated rings. The van der Waals surface area contributed by atoms with Crippen molar-refractivity contribution in [3.63, 3.8) is 0 Å². The number of hydrogen-bond acceptors (Lipinski definition) is 2. The standard InChI is InChI=1S/C19H17N3O/c1-2-12-22-14-16(17-10-6-7-11-18(17)22)13-20-21-19(23)15-8-4-3-5-9-15/h2-11,13-14H,1,12H2,(H,21,23)/b20-13-. The summed E-state index contributed by atoms with van der Waals surface area (Å²) in [7, 11) is 0. The molecular weight excluding hydrogens is 286 g/mol. The lowest BCUT2D eigenvalue weighted by Gasteiger charge is -1.98. The highest BCUT2D eigenvalue weighted by Gasteiger charge is 2.06. The Labute approximate surface area is 134 Å². The molecular formula is C19H17N3O. The van der Waals surface area contributed by atoms with Crippen molar-refractivity contribution in [3.05, 3.63) is 84.6 Å². The lowest BCUT2D eigenvalue weighted by atomic mass is 10.2. The monoisotopic (exact) mass is 303 g/mol. The Hall–Kier alpha value is -3.14. The molecule has 0 atom stereocenters. The minimum Gasteiger partial charge on any atom is -0.343 e. The molecule has 0 aliphatic heterocycles. The van der Waals surface area contributed by atoms with Crippen LogP contribution in [0.1, 0.15) is 15.9 Å². The van der Waals surface area contributed by atoms with Gasteiger partial charge in [-0.2, -0.15) is 5.10 Å². The van der Waals surface area contributed by atoms with Crippen LogP contribution in [0.5, 0.6) is 0 Å². The van der Waals surface area contributed by atoms with E-state index >= 15 is 0 Å². The van der Waals surface area contributed by atoms with Crippen LogP contribution in [-0.2, 0) is 6.54 Å². The number of hydrazone groups is 1. The van der Waals surface area contributed by atoms with Crippen LogP contribution in [0.3, 0.4) is 0 Å². The molecule has 0 unspecified atom stereocenters. The Morgan fingerprint density at radius 1 is 1.13 bits per heavy atom. The zero-order valence-electron chi connectivity index (χ0n) is 12.6. The number of para-hydroxylation sites is 1. The molecule has 2 aromatic carbocycles. The molecule has 3 rings (SSSR count). The summed E-state index contributed by atoms with van der Waals surface area (Å²) in [6.07, 6.45) is 5.53. The predicted octanol–water partition coefficient (Wildman–Crippen LogP) is 3.59. The Morgan fingerprint density at radius 2 is 1.87 bits per heavy atom. The van der Waals surface area contributed by atoms with Gasteiger partial charge in [-0.1, -0.05) is 42.5 Å². The van der Waals surface area contributed by atoms with Crippen LogP contribution in [0, 0.1) is 0 Å². The number of hydrogen-bond donors (Lipinski definition) is 1. The highest BCUT2D eigenvalue weighted by molar-refractivity contribution is 6.00. The van der Waals surface area contributed by atoms with Gasteiger partial charge in [0.1, 0.15) is 0 Å². The third-order valence-electron chi connectivity index (χ3n) is 3.55. The first kappa shape index (κ1) is 14.8. The fourth-order valence-corrected chi connectivity index (χ4v) is 2.48. The van der Waals surface area contributed by atoms with Gasteiger partial charge in [-0.3, -0.25) is 4.79 Å². The minimum absolute atomic E-state index is 0.225. The summed E-state index contributed by atoms with van der Waals surface area (Å²) >= 11 is 0. The summed E-state index contributed by atoms with van der Waals surface area (Å²) in [5, 5.41) is 5.17. The first-order valence-corrected chi connectivity index (χ1v) is 7.37. The quantitative estimate of drug-likeness (QED) is 0.437. The first-order chi connectivity index (χ1) is 11.3. The second-order valence-corrected chi connectivity index (χ2v) is 5.11. The van der Waals surface area contributed by atoms with Gasteiger partial charge in [-0.05, 0) is 18.2 Å². The topological polar surface area (TPSA) is 46.4 Å². The predicted molar refractivity (Wildman–Crippen MR) is 93.6 cm³/mol. The zero-order valence-corrected chi connectivity index (χ0v) is 12.6. The Balaban J connectivity index is 1.81. The second-order valence-electron chi connectivity index (χ2n) is 5.11. The van der Waals surface area contributed by atoms with E-state index in [1.165, 1.54) is 0 Å². The van der Waals surface area contributed by atoms with Crippen molar-refractivity contribution in [2.45, 2.75) is 6.54 Å². The normalized spacial score (nSPS) is 11.0. The van der Waals surface area contributed by atoms with Crippen molar-refractivity contribution >= 4 is 23.0 Å². The molecule has 0 saturated heterocycles. The van der Waals surface area contributed by atoms with Crippen molar-refractivity contribution < 1.29 is 4.79 Å². The number of fused-ring (bicyclic) bond motifs is 1. The van der Waals surface area contributed by atoms with Crippen molar-refractivity contribution in [2.24, 2.45) is 5.10 Å². The first-order valence-electron chi connectivity index (χ1n) is 7.37. The molecule has 23 heavy (non-hydrogen) atoms. The zero-order chi connectivity index (χ0) is 16.1. The van der Waals surface area contributed by atoms with Gasteiger partial charge in [-0.15, -0.1) is 6.58 Å². The molecule has 1 aromatic heterocycles. The van der Waals surface area contributed by atoms with Crippen molar-refractivity contribution in [1.29, 1.82) is 0 Å². The number of allylic oxidation sites excluding steroid dienone is 1. The van der Waals surface area contributed by atoms with E-state index in [0.717, 1.165) is 23.0 Å². The average molecular weight is 303 g/mol. The number of aromatic nitrogens is 1. The number of carbonyl (C=O) groups excluding carboxylic acids is 1. The summed E-state index contributed by atoms with van der Waals surface area (Å²) < 4.78 is 2.10. The summed E-state index contributed by atoms with van der Waals surface area (Å²) in [5.41, 5.74) is 5.21. The van der Waals surface area contributed by atoms with E-state index in [0.29, 0.717) is 5.56 Å². The molecule has 4 nitrogen and oxygen atoms in total. The Kier molecular flexibility index (Phi) is 4.34. The maximum absolute atomic E-state index is 12.0. The summed E-state index contributed by atoms with van der Waals surface area (Å²) in [6.45, 7) is 4.51. The molecule has 0 radical (unpaired) electrons. The molecule has 0 saturated carbocycles. The van der Waals surface area contributed by atoms with Crippen LogP contribution in [0.25, 0.3) is 10.9 Å². The number of nitrogens with zero attached hydrogens (tertiary/aromatic N) is 2. The lowest BCUT2D eigenvalue weighted by molar-refractivity contribution is 0.0955. The van der Waals surface area contributed by atoms with Gasteiger partial charge in [0.05, 0.1) is 6.21 Å². The van der Waals surface area contributed by atoms with Gasteiger partial charge >= 0.3 is 0 Å². The van der Waals surface area contributed by atoms with Gasteiger partial charge < -0.3 is 4.57 Å². The third kappa shape index (κ3) is 3.21. The van der Waals surface area contributed by atoms with E-state index in [-0.39, 0.29) is 5.91 Å². The van der Waals surface area contributed by atoms with Gasteiger partial charge in [-0.25, -0.2) is 5.43 Å². The number of benzene rings is 2. The fourth-order valence-electron chi connectivity index (χ4n) is 2.48. The summed E-state index contributed by atoms with van der Waals surface area (Å²) in [4.78, 5) is 12.0. The lowest BCUT2D eigenvalue weighted by Crippen LogP contribution is -2.17. The Morgan fingerprint density at radius 3 is 2.65 bits per heavy atom. The number of nitrogens with one attached hydrogen (secondary N) is 1. The van der Waals surface area contributed by atoms with E-state index < -0.39 is 0 Å². The molecule has 114 valence electrons. The summed E-state index contributed by atoms with van der Waals surface area (Å²) in [5.74, 6) is -0.225. The van der Waals surface area contributed by atoms with E-state index in [1.54, 1.807) is 18.3 Å². The van der Waals surface area contributed by atoms with E-state index in [1.807, 2.05) is 48.7 Å². The molecule has 4 heteroatoms. The summed E-state index contributed by atoms with van der Waals surface area (Å²) in [6, 6.07) is 17.1. The largest absolute Gasteiger partial charge is 0.343 e. The highest BCUT2D eigenvalue weighted by Crippen LogP contribution is 2.19. The highest BCUT2D eigenvalue weighted by atomic mass is 16.2. The maximum Gasteiger partial charge on any atom is 0.271 e. The van der Waals surface area contributed by atoms with Crippen LogP contribution in [0.4, 0.5) is 0 Å². The molecule has 0 bridgehead atoms. The van der Waals surface area contributed by atoms with Gasteiger partial charge in [0.25, 0.3) is 5.91 Å². The van der Waals surface area contributed by atoms with Crippen molar-refractivity contribution in [2.75, 3.05) is 0 Å². The average Bonchev–Trinajstić information content (AvgIpc) is 2.94. The van der Waals surface area contributed by atoms with Gasteiger partial charge in [0.15, 0.2) is 0 Å². The van der Waals surface area contributed by atoms with Crippen LogP contribution in [0.15, 0.2) is 78.6 Å². The molecule has 0 spiro atoms. The van der Waals surface area contributed by atoms with Crippen LogP contribution < -0.4 is 5.43 Å². The van der Waals surface area contributed by atoms with Crippen LogP contribution in [0.2, 0.25) is 0 Å². The van der Waals surface area contributed by atoms with E-state index in [9.17, 15) is 4.79 Å². The minimum atomic E-state index is -0.225. The number of rotatable bonds is 5. The second kappa shape index (κ2) is 6.75. The molecule has 3 aromatic rings. The van der Waals surface area contributed by atoms with E-state index in [4.69, 9.17) is 0 Å². The fraction of sp³-hybridized carbons (Fsp3) is 0.0526. The maximum atomic E-state index is 12.0. The Bertz CT molecular complexity index is 863. The smallest absolute Gasteiger partial charge is 0.271 e. The molecule has 1 amide bonds. The number of carbonyl (C=O) groups is 1. The SMILES string of the molecule is C=CCn1cc(/C=N\NC(=O)c2ccccc2)c2ccccc21. The van der Waals surface area contributed by atoms with Gasteiger partial charge in [0, 0.05) is 34.8 Å². The molecule has 0 aliphatic carbocycles. The van der Waals surface area contributed by atoms with Gasteiger partial charge in [0.2, 0.25) is 0 Å². The van der Waals surface area contributed by atoms with Crippen molar-refractivity contribution in [3.8, 4) is 0 Å². The molecule has 0 aliphatic rings.